The molecule has 0 aliphatic heterocycles. The SMILES string of the molecule is Cc1nn(CC(=O)NC2CCC2)c(C)c1N. The van der Waals surface area contributed by atoms with Crippen molar-refractivity contribution < 1.29 is 4.79 Å². The molecule has 88 valence electrons. The lowest BCUT2D eigenvalue weighted by Crippen LogP contribution is -2.41. The number of anilines is 1. The maximum Gasteiger partial charge on any atom is 0.241 e. The van der Waals surface area contributed by atoms with Gasteiger partial charge in [0.15, 0.2) is 0 Å². The molecule has 0 aromatic carbocycles. The summed E-state index contributed by atoms with van der Waals surface area (Å²) in [6.07, 6.45) is 3.42. The van der Waals surface area contributed by atoms with Crippen LogP contribution in [0.1, 0.15) is 30.7 Å². The molecule has 2 rings (SSSR count). The first-order valence-electron chi connectivity index (χ1n) is 5.66. The first-order chi connectivity index (χ1) is 7.58. The molecule has 1 amide bonds. The van der Waals surface area contributed by atoms with Crippen LogP contribution in [0.5, 0.6) is 0 Å². The van der Waals surface area contributed by atoms with Crippen molar-refractivity contribution in [3.63, 3.8) is 0 Å². The summed E-state index contributed by atoms with van der Waals surface area (Å²) in [6, 6.07) is 0.377. The Morgan fingerprint density at radius 1 is 1.56 bits per heavy atom. The highest BCUT2D eigenvalue weighted by atomic mass is 16.2. The van der Waals surface area contributed by atoms with Gasteiger partial charge < -0.3 is 11.1 Å². The predicted molar refractivity (Wildman–Crippen MR) is 61.9 cm³/mol. The van der Waals surface area contributed by atoms with Crippen LogP contribution in [0.3, 0.4) is 0 Å². The normalized spacial score (nSPS) is 15.9. The fourth-order valence-electron chi connectivity index (χ4n) is 1.83. The summed E-state index contributed by atoms with van der Waals surface area (Å²) in [4.78, 5) is 11.7. The molecule has 0 unspecified atom stereocenters. The van der Waals surface area contributed by atoms with E-state index in [1.165, 1.54) is 6.42 Å². The number of nitrogens with zero attached hydrogens (tertiary/aromatic N) is 2. The summed E-state index contributed by atoms with van der Waals surface area (Å²) in [5.74, 6) is 0.0234. The molecule has 5 nitrogen and oxygen atoms in total. The Bertz CT molecular complexity index is 406. The lowest BCUT2D eigenvalue weighted by Gasteiger charge is -2.26. The van der Waals surface area contributed by atoms with Crippen LogP contribution in [-0.4, -0.2) is 21.7 Å². The third-order valence-electron chi connectivity index (χ3n) is 3.20. The van der Waals surface area contributed by atoms with Gasteiger partial charge in [0.1, 0.15) is 6.54 Å². The minimum Gasteiger partial charge on any atom is -0.396 e. The van der Waals surface area contributed by atoms with E-state index in [4.69, 9.17) is 5.73 Å². The third kappa shape index (κ3) is 2.03. The number of aromatic nitrogens is 2. The highest BCUT2D eigenvalue weighted by Gasteiger charge is 2.20. The Labute approximate surface area is 95.0 Å². The molecule has 1 aromatic heterocycles. The number of hydrogen-bond donors (Lipinski definition) is 2. The number of nitrogen functional groups attached to an aromatic ring is 1. The van der Waals surface area contributed by atoms with E-state index in [9.17, 15) is 4.79 Å². The number of aryl methyl sites for hydroxylation is 1. The zero-order valence-electron chi connectivity index (χ0n) is 9.79. The van der Waals surface area contributed by atoms with Crippen molar-refractivity contribution in [1.29, 1.82) is 0 Å². The van der Waals surface area contributed by atoms with E-state index in [0.29, 0.717) is 11.7 Å². The van der Waals surface area contributed by atoms with Crippen LogP contribution in [0.2, 0.25) is 0 Å². The van der Waals surface area contributed by atoms with Gasteiger partial charge in [0.25, 0.3) is 0 Å². The molecule has 3 N–H and O–H groups in total. The molecule has 1 aliphatic rings. The second-order valence-electron chi connectivity index (χ2n) is 4.44. The summed E-state index contributed by atoms with van der Waals surface area (Å²) in [5.41, 5.74) is 8.13. The monoisotopic (exact) mass is 222 g/mol. The smallest absolute Gasteiger partial charge is 0.241 e. The van der Waals surface area contributed by atoms with E-state index in [0.717, 1.165) is 24.2 Å². The molecule has 1 fully saturated rings. The summed E-state index contributed by atoms with van der Waals surface area (Å²) >= 11 is 0. The molecule has 1 saturated carbocycles. The van der Waals surface area contributed by atoms with Crippen LogP contribution in [0.4, 0.5) is 5.69 Å². The van der Waals surface area contributed by atoms with Gasteiger partial charge in [-0.15, -0.1) is 0 Å². The van der Waals surface area contributed by atoms with Gasteiger partial charge in [-0.1, -0.05) is 0 Å². The Hall–Kier alpha value is -1.52. The van der Waals surface area contributed by atoms with E-state index in [2.05, 4.69) is 10.4 Å². The van der Waals surface area contributed by atoms with E-state index in [-0.39, 0.29) is 12.5 Å². The summed E-state index contributed by atoms with van der Waals surface area (Å²) < 4.78 is 1.67. The van der Waals surface area contributed by atoms with Crippen molar-refractivity contribution >= 4 is 11.6 Å². The Morgan fingerprint density at radius 3 is 2.69 bits per heavy atom. The molecular weight excluding hydrogens is 204 g/mol. The lowest BCUT2D eigenvalue weighted by atomic mass is 9.93. The second-order valence-corrected chi connectivity index (χ2v) is 4.44. The predicted octanol–water partition coefficient (Wildman–Crippen LogP) is 0.751. The Kier molecular flexibility index (Phi) is 2.85. The second kappa shape index (κ2) is 4.15. The van der Waals surface area contributed by atoms with Crippen LogP contribution < -0.4 is 11.1 Å². The van der Waals surface area contributed by atoms with Crippen molar-refractivity contribution in [1.82, 2.24) is 15.1 Å². The number of rotatable bonds is 3. The first-order valence-corrected chi connectivity index (χ1v) is 5.66. The average Bonchev–Trinajstić information content (AvgIpc) is 2.40. The number of nitrogens with two attached hydrogens (primary N) is 1. The Balaban J connectivity index is 1.97. The van der Waals surface area contributed by atoms with Gasteiger partial charge in [-0.05, 0) is 33.1 Å². The molecule has 1 heterocycles. The highest BCUT2D eigenvalue weighted by molar-refractivity contribution is 5.76. The van der Waals surface area contributed by atoms with E-state index in [1.54, 1.807) is 4.68 Å². The topological polar surface area (TPSA) is 72.9 Å². The molecule has 0 spiro atoms. The minimum absolute atomic E-state index is 0.0234. The minimum atomic E-state index is 0.0234. The fraction of sp³-hybridized carbons (Fsp3) is 0.636. The van der Waals surface area contributed by atoms with Crippen molar-refractivity contribution in [2.75, 3.05) is 5.73 Å². The summed E-state index contributed by atoms with van der Waals surface area (Å²) in [7, 11) is 0. The van der Waals surface area contributed by atoms with Crippen molar-refractivity contribution in [2.24, 2.45) is 0 Å². The molecular formula is C11H18N4O. The quantitative estimate of drug-likeness (QED) is 0.792. The third-order valence-corrected chi connectivity index (χ3v) is 3.20. The maximum absolute atomic E-state index is 11.7. The average molecular weight is 222 g/mol. The van der Waals surface area contributed by atoms with Crippen LogP contribution in [-0.2, 0) is 11.3 Å². The van der Waals surface area contributed by atoms with E-state index < -0.39 is 0 Å². The van der Waals surface area contributed by atoms with Crippen LogP contribution in [0, 0.1) is 13.8 Å². The molecule has 1 aromatic rings. The maximum atomic E-state index is 11.7. The number of amides is 1. The van der Waals surface area contributed by atoms with Crippen LogP contribution in [0.15, 0.2) is 0 Å². The standard InChI is InChI=1S/C11H18N4O/c1-7-11(12)8(2)15(14-7)6-10(16)13-9-4-3-5-9/h9H,3-6,12H2,1-2H3,(H,13,16). The number of nitrogens with one attached hydrogen (secondary N) is 1. The molecule has 0 atom stereocenters. The van der Waals surface area contributed by atoms with Gasteiger partial charge >= 0.3 is 0 Å². The number of hydrogen-bond acceptors (Lipinski definition) is 3. The van der Waals surface area contributed by atoms with Crippen LogP contribution in [0.25, 0.3) is 0 Å². The molecule has 0 radical (unpaired) electrons. The van der Waals surface area contributed by atoms with Gasteiger partial charge in [-0.3, -0.25) is 9.48 Å². The number of carbonyl (C=O) groups excluding carboxylic acids is 1. The van der Waals surface area contributed by atoms with Gasteiger partial charge in [-0.2, -0.15) is 5.10 Å². The van der Waals surface area contributed by atoms with Gasteiger partial charge in [0, 0.05) is 6.04 Å². The molecule has 0 saturated heterocycles. The van der Waals surface area contributed by atoms with Crippen LogP contribution >= 0.6 is 0 Å². The fourth-order valence-corrected chi connectivity index (χ4v) is 1.83. The largest absolute Gasteiger partial charge is 0.396 e. The Morgan fingerprint density at radius 2 is 2.25 bits per heavy atom. The molecule has 0 bridgehead atoms. The number of carbonyl (C=O) groups is 1. The highest BCUT2D eigenvalue weighted by Crippen LogP contribution is 2.18. The lowest BCUT2D eigenvalue weighted by molar-refractivity contribution is -0.123. The van der Waals surface area contributed by atoms with E-state index >= 15 is 0 Å². The molecule has 1 aliphatic carbocycles. The van der Waals surface area contributed by atoms with Gasteiger partial charge in [-0.25, -0.2) is 0 Å². The van der Waals surface area contributed by atoms with Crippen molar-refractivity contribution in [3.05, 3.63) is 11.4 Å². The first kappa shape index (κ1) is 11.0. The molecule has 5 heteroatoms. The zero-order chi connectivity index (χ0) is 11.7. The van der Waals surface area contributed by atoms with Gasteiger partial charge in [0.2, 0.25) is 5.91 Å². The van der Waals surface area contributed by atoms with Crippen molar-refractivity contribution in [3.8, 4) is 0 Å². The van der Waals surface area contributed by atoms with Gasteiger partial charge in [0.05, 0.1) is 17.1 Å². The summed E-state index contributed by atoms with van der Waals surface area (Å²) in [6.45, 7) is 4.00. The summed E-state index contributed by atoms with van der Waals surface area (Å²) in [5, 5.41) is 7.21. The molecule has 16 heavy (non-hydrogen) atoms. The zero-order valence-corrected chi connectivity index (χ0v) is 9.79. The van der Waals surface area contributed by atoms with E-state index in [1.807, 2.05) is 13.8 Å². The van der Waals surface area contributed by atoms with Crippen molar-refractivity contribution in [2.45, 2.75) is 45.7 Å².